The highest BCUT2D eigenvalue weighted by Gasteiger charge is 2.32. The average molecular weight is 297 g/mol. The molecule has 0 spiro atoms. The van der Waals surface area contributed by atoms with Crippen molar-refractivity contribution in [1.29, 1.82) is 0 Å². The summed E-state index contributed by atoms with van der Waals surface area (Å²) in [4.78, 5) is 14.4. The number of ether oxygens (including phenoxy) is 2. The molecule has 2 aromatic carbocycles. The summed E-state index contributed by atoms with van der Waals surface area (Å²) < 4.78 is 11.2. The van der Waals surface area contributed by atoms with Gasteiger partial charge in [0.2, 0.25) is 6.10 Å². The summed E-state index contributed by atoms with van der Waals surface area (Å²) in [6.45, 7) is 1.05. The fraction of sp³-hybridized carbons (Fsp3) is 0.278. The lowest BCUT2D eigenvalue weighted by molar-refractivity contribution is -0.152. The molecule has 1 aliphatic heterocycles. The summed E-state index contributed by atoms with van der Waals surface area (Å²) in [5, 5.41) is 0. The molecule has 1 heterocycles. The molecule has 1 atom stereocenters. The fourth-order valence-corrected chi connectivity index (χ4v) is 2.53. The van der Waals surface area contributed by atoms with Crippen LogP contribution in [-0.2, 0) is 9.53 Å². The molecule has 0 saturated carbocycles. The Kier molecular flexibility index (Phi) is 4.11. The highest BCUT2D eigenvalue weighted by molar-refractivity contribution is 5.85. The molecule has 0 fully saturated rings. The molecule has 0 saturated heterocycles. The van der Waals surface area contributed by atoms with Crippen LogP contribution in [0.2, 0.25) is 0 Å². The third kappa shape index (κ3) is 2.83. The predicted molar refractivity (Wildman–Crippen MR) is 84.8 cm³/mol. The highest BCUT2D eigenvalue weighted by Crippen LogP contribution is 2.42. The normalized spacial score (nSPS) is 15.7. The predicted octanol–water partition coefficient (Wildman–Crippen LogP) is 2.89. The number of nitrogens with zero attached hydrogens (tertiary/aromatic N) is 1. The lowest BCUT2D eigenvalue weighted by Gasteiger charge is -2.27. The number of hydrogen-bond donors (Lipinski definition) is 0. The first-order valence-corrected chi connectivity index (χ1v) is 7.33. The zero-order chi connectivity index (χ0) is 15.5. The molecule has 4 heteroatoms. The van der Waals surface area contributed by atoms with E-state index >= 15 is 0 Å². The standard InChI is InChI=1S/C18H19NO3/c1-19(2)11-12-21-18(20)17-15-9-4-3-7-13(15)14-8-5-6-10-16(14)22-17/h3-10,17H,11-12H2,1-2H3/t17-/m0/s1. The zero-order valence-corrected chi connectivity index (χ0v) is 12.8. The van der Waals surface area contributed by atoms with Crippen molar-refractivity contribution in [3.05, 3.63) is 54.1 Å². The van der Waals surface area contributed by atoms with Crippen LogP contribution in [0.3, 0.4) is 0 Å². The summed E-state index contributed by atoms with van der Waals surface area (Å²) in [6.07, 6.45) is -0.701. The molecule has 0 aliphatic carbocycles. The van der Waals surface area contributed by atoms with Gasteiger partial charge < -0.3 is 14.4 Å². The average Bonchev–Trinajstić information content (AvgIpc) is 2.53. The van der Waals surface area contributed by atoms with Crippen LogP contribution >= 0.6 is 0 Å². The summed E-state index contributed by atoms with van der Waals surface area (Å²) in [5.41, 5.74) is 2.89. The van der Waals surface area contributed by atoms with Gasteiger partial charge in [0.05, 0.1) is 0 Å². The number of esters is 1. The molecule has 0 radical (unpaired) electrons. The van der Waals surface area contributed by atoms with Crippen molar-refractivity contribution in [3.8, 4) is 16.9 Å². The van der Waals surface area contributed by atoms with E-state index in [4.69, 9.17) is 9.47 Å². The number of carbonyl (C=O) groups excluding carboxylic acids is 1. The van der Waals surface area contributed by atoms with Crippen molar-refractivity contribution in [2.24, 2.45) is 0 Å². The maximum absolute atomic E-state index is 12.4. The van der Waals surface area contributed by atoms with Crippen LogP contribution in [-0.4, -0.2) is 38.1 Å². The van der Waals surface area contributed by atoms with Crippen LogP contribution in [0.25, 0.3) is 11.1 Å². The van der Waals surface area contributed by atoms with Crippen molar-refractivity contribution in [1.82, 2.24) is 4.90 Å². The number of carbonyl (C=O) groups is 1. The maximum atomic E-state index is 12.4. The summed E-state index contributed by atoms with van der Waals surface area (Å²) >= 11 is 0. The molecule has 114 valence electrons. The van der Waals surface area contributed by atoms with Crippen molar-refractivity contribution >= 4 is 5.97 Å². The third-order valence-corrected chi connectivity index (χ3v) is 3.66. The first kappa shape index (κ1) is 14.6. The van der Waals surface area contributed by atoms with E-state index in [0.29, 0.717) is 13.2 Å². The van der Waals surface area contributed by atoms with E-state index in [0.717, 1.165) is 22.4 Å². The van der Waals surface area contributed by atoms with Crippen LogP contribution in [0.1, 0.15) is 11.7 Å². The van der Waals surface area contributed by atoms with E-state index in [-0.39, 0.29) is 5.97 Å². The largest absolute Gasteiger partial charge is 0.473 e. The van der Waals surface area contributed by atoms with Gasteiger partial charge in [0.1, 0.15) is 12.4 Å². The Balaban J connectivity index is 1.87. The second-order valence-corrected chi connectivity index (χ2v) is 5.55. The smallest absolute Gasteiger partial charge is 0.352 e. The number of para-hydroxylation sites is 1. The van der Waals surface area contributed by atoms with Gasteiger partial charge in [0.15, 0.2) is 0 Å². The Morgan fingerprint density at radius 3 is 2.55 bits per heavy atom. The first-order chi connectivity index (χ1) is 10.7. The first-order valence-electron chi connectivity index (χ1n) is 7.33. The third-order valence-electron chi connectivity index (χ3n) is 3.66. The fourth-order valence-electron chi connectivity index (χ4n) is 2.53. The second kappa shape index (κ2) is 6.20. The van der Waals surface area contributed by atoms with Gasteiger partial charge >= 0.3 is 5.97 Å². The van der Waals surface area contributed by atoms with E-state index in [1.54, 1.807) is 0 Å². The summed E-state index contributed by atoms with van der Waals surface area (Å²) in [7, 11) is 3.88. The lowest BCUT2D eigenvalue weighted by Crippen LogP contribution is -2.27. The van der Waals surface area contributed by atoms with Gasteiger partial charge in [-0.1, -0.05) is 42.5 Å². The SMILES string of the molecule is CN(C)CCOC(=O)[C@H]1Oc2ccccc2-c2ccccc21. The van der Waals surface area contributed by atoms with Crippen molar-refractivity contribution in [3.63, 3.8) is 0 Å². The quantitative estimate of drug-likeness (QED) is 0.813. The van der Waals surface area contributed by atoms with E-state index in [2.05, 4.69) is 0 Å². The zero-order valence-electron chi connectivity index (χ0n) is 12.8. The summed E-state index contributed by atoms with van der Waals surface area (Å²) in [6, 6.07) is 15.6. The molecule has 0 unspecified atom stereocenters. The minimum Gasteiger partial charge on any atom is -0.473 e. The molecule has 0 aromatic heterocycles. The van der Waals surface area contributed by atoms with Crippen LogP contribution in [0.4, 0.5) is 0 Å². The molecule has 22 heavy (non-hydrogen) atoms. The minimum absolute atomic E-state index is 0.344. The maximum Gasteiger partial charge on any atom is 0.352 e. The van der Waals surface area contributed by atoms with Crippen LogP contribution in [0.15, 0.2) is 48.5 Å². The van der Waals surface area contributed by atoms with Gasteiger partial charge in [-0.2, -0.15) is 0 Å². The van der Waals surface area contributed by atoms with Crippen molar-refractivity contribution in [2.45, 2.75) is 6.10 Å². The molecule has 1 aliphatic rings. The Hall–Kier alpha value is -2.33. The van der Waals surface area contributed by atoms with E-state index in [1.807, 2.05) is 67.5 Å². The molecular formula is C18H19NO3. The van der Waals surface area contributed by atoms with Crippen LogP contribution in [0, 0.1) is 0 Å². The van der Waals surface area contributed by atoms with Gasteiger partial charge in [-0.3, -0.25) is 0 Å². The Labute approximate surface area is 130 Å². The minimum atomic E-state index is -0.701. The van der Waals surface area contributed by atoms with E-state index < -0.39 is 6.10 Å². The molecular weight excluding hydrogens is 278 g/mol. The molecule has 3 rings (SSSR count). The van der Waals surface area contributed by atoms with Crippen molar-refractivity contribution in [2.75, 3.05) is 27.2 Å². The Morgan fingerprint density at radius 2 is 1.77 bits per heavy atom. The van der Waals surface area contributed by atoms with E-state index in [1.165, 1.54) is 0 Å². The topological polar surface area (TPSA) is 38.8 Å². The molecule has 0 amide bonds. The van der Waals surface area contributed by atoms with Gasteiger partial charge in [0.25, 0.3) is 0 Å². The lowest BCUT2D eigenvalue weighted by atomic mass is 9.93. The monoisotopic (exact) mass is 297 g/mol. The van der Waals surface area contributed by atoms with Crippen LogP contribution in [0.5, 0.6) is 5.75 Å². The molecule has 0 N–H and O–H groups in total. The molecule has 4 nitrogen and oxygen atoms in total. The molecule has 2 aromatic rings. The van der Waals surface area contributed by atoms with Gasteiger partial charge in [-0.15, -0.1) is 0 Å². The van der Waals surface area contributed by atoms with Crippen molar-refractivity contribution < 1.29 is 14.3 Å². The number of benzene rings is 2. The van der Waals surface area contributed by atoms with Gasteiger partial charge in [-0.05, 0) is 25.7 Å². The highest BCUT2D eigenvalue weighted by atomic mass is 16.6. The summed E-state index contributed by atoms with van der Waals surface area (Å²) in [5.74, 6) is 0.375. The Bertz CT molecular complexity index is 682. The van der Waals surface area contributed by atoms with Gasteiger partial charge in [-0.25, -0.2) is 4.79 Å². The number of likely N-dealkylation sites (N-methyl/N-ethyl adjacent to an activating group) is 1. The number of hydrogen-bond acceptors (Lipinski definition) is 4. The molecule has 0 bridgehead atoms. The van der Waals surface area contributed by atoms with Crippen LogP contribution < -0.4 is 4.74 Å². The number of fused-ring (bicyclic) bond motifs is 3. The number of rotatable bonds is 4. The Morgan fingerprint density at radius 1 is 1.09 bits per heavy atom. The van der Waals surface area contributed by atoms with Gasteiger partial charge in [0, 0.05) is 17.7 Å². The second-order valence-electron chi connectivity index (χ2n) is 5.55. The van der Waals surface area contributed by atoms with E-state index in [9.17, 15) is 4.79 Å².